The molecule has 0 amide bonds. The molecule has 0 fully saturated rings. The smallest absolute Gasteiger partial charge is 0.325 e. The molecule has 2 rings (SSSR count). The number of nitrogens with two attached hydrogens (primary N) is 1. The molecular formula is C15H21N3O2S. The van der Waals surface area contributed by atoms with Crippen LogP contribution in [-0.2, 0) is 9.53 Å². The van der Waals surface area contributed by atoms with Gasteiger partial charge in [0.2, 0.25) is 0 Å². The molecule has 114 valence electrons. The summed E-state index contributed by atoms with van der Waals surface area (Å²) in [6.45, 7) is 3.86. The molecule has 21 heavy (non-hydrogen) atoms. The molecule has 0 saturated heterocycles. The topological polar surface area (TPSA) is 81.0 Å². The molecule has 2 aromatic rings. The summed E-state index contributed by atoms with van der Waals surface area (Å²) < 4.78 is 4.97. The normalized spacial score (nSPS) is 14.0. The molecule has 0 aliphatic heterocycles. The van der Waals surface area contributed by atoms with E-state index in [-0.39, 0.29) is 5.97 Å². The number of thioether (sulfide) groups is 1. The van der Waals surface area contributed by atoms with Crippen molar-refractivity contribution in [2.45, 2.75) is 37.4 Å². The lowest BCUT2D eigenvalue weighted by molar-refractivity contribution is -0.149. The van der Waals surface area contributed by atoms with Gasteiger partial charge in [0.05, 0.1) is 17.6 Å². The number of H-pyrrole nitrogens is 1. The Morgan fingerprint density at radius 1 is 1.48 bits per heavy atom. The molecule has 5 nitrogen and oxygen atoms in total. The maximum atomic E-state index is 11.7. The molecule has 6 heteroatoms. The summed E-state index contributed by atoms with van der Waals surface area (Å²) >= 11 is 1.64. The quantitative estimate of drug-likeness (QED) is 0.467. The average molecular weight is 307 g/mol. The van der Waals surface area contributed by atoms with Crippen molar-refractivity contribution in [3.63, 3.8) is 0 Å². The largest absolute Gasteiger partial charge is 0.465 e. The Hall–Kier alpha value is -1.53. The number of benzene rings is 1. The Balaban J connectivity index is 1.80. The van der Waals surface area contributed by atoms with E-state index in [1.165, 1.54) is 0 Å². The molecule has 1 heterocycles. The van der Waals surface area contributed by atoms with Crippen molar-refractivity contribution in [3.8, 4) is 0 Å². The van der Waals surface area contributed by atoms with Crippen molar-refractivity contribution in [2.75, 3.05) is 12.4 Å². The summed E-state index contributed by atoms with van der Waals surface area (Å²) in [5.74, 6) is 0.519. The van der Waals surface area contributed by atoms with E-state index in [4.69, 9.17) is 10.5 Å². The summed E-state index contributed by atoms with van der Waals surface area (Å²) in [7, 11) is 0. The SMILES string of the molecule is CCOC(=O)C(C)(N)CCCSc1nc2ccccc2[nH]1. The zero-order valence-electron chi connectivity index (χ0n) is 12.4. The van der Waals surface area contributed by atoms with Gasteiger partial charge in [-0.15, -0.1) is 0 Å². The van der Waals surface area contributed by atoms with Crippen LogP contribution < -0.4 is 5.73 Å². The molecule has 0 radical (unpaired) electrons. The second kappa shape index (κ2) is 6.95. The third-order valence-corrected chi connectivity index (χ3v) is 4.15. The summed E-state index contributed by atoms with van der Waals surface area (Å²) in [6.07, 6.45) is 1.42. The molecule has 1 aromatic carbocycles. The van der Waals surface area contributed by atoms with Crippen molar-refractivity contribution in [3.05, 3.63) is 24.3 Å². The van der Waals surface area contributed by atoms with Gasteiger partial charge in [0.25, 0.3) is 0 Å². The number of nitrogens with one attached hydrogen (secondary N) is 1. The highest BCUT2D eigenvalue weighted by atomic mass is 32.2. The lowest BCUT2D eigenvalue weighted by Gasteiger charge is -2.21. The van der Waals surface area contributed by atoms with E-state index < -0.39 is 5.54 Å². The highest BCUT2D eigenvalue weighted by Gasteiger charge is 2.29. The Morgan fingerprint density at radius 2 is 2.24 bits per heavy atom. The number of aromatic nitrogens is 2. The lowest BCUT2D eigenvalue weighted by Crippen LogP contribution is -2.46. The van der Waals surface area contributed by atoms with E-state index in [2.05, 4.69) is 9.97 Å². The molecule has 0 bridgehead atoms. The molecule has 0 saturated carbocycles. The molecule has 1 aromatic heterocycles. The van der Waals surface area contributed by atoms with Crippen LogP contribution in [0.25, 0.3) is 11.0 Å². The number of esters is 1. The molecule has 0 spiro atoms. The third-order valence-electron chi connectivity index (χ3n) is 3.19. The third kappa shape index (κ3) is 4.22. The van der Waals surface area contributed by atoms with Crippen molar-refractivity contribution in [1.82, 2.24) is 9.97 Å². The van der Waals surface area contributed by atoms with Crippen molar-refractivity contribution < 1.29 is 9.53 Å². The van der Waals surface area contributed by atoms with Crippen LogP contribution in [0.5, 0.6) is 0 Å². The van der Waals surface area contributed by atoms with E-state index in [1.54, 1.807) is 25.6 Å². The number of carbonyl (C=O) groups is 1. The number of nitrogens with zero attached hydrogens (tertiary/aromatic N) is 1. The van der Waals surface area contributed by atoms with Gasteiger partial charge in [0.1, 0.15) is 5.54 Å². The number of ether oxygens (including phenoxy) is 1. The van der Waals surface area contributed by atoms with Crippen LogP contribution in [0.2, 0.25) is 0 Å². The van der Waals surface area contributed by atoms with Gasteiger partial charge >= 0.3 is 5.97 Å². The number of carbonyl (C=O) groups excluding carboxylic acids is 1. The standard InChI is InChI=1S/C15H21N3O2S/c1-3-20-13(19)15(2,16)9-6-10-21-14-17-11-7-4-5-8-12(11)18-14/h4-5,7-8H,3,6,9-10,16H2,1-2H3,(H,17,18). The number of hydrogen-bond acceptors (Lipinski definition) is 5. The number of aromatic amines is 1. The Labute approximate surface area is 128 Å². The maximum Gasteiger partial charge on any atom is 0.325 e. The summed E-state index contributed by atoms with van der Waals surface area (Å²) in [5.41, 5.74) is 7.07. The molecule has 0 aliphatic carbocycles. The summed E-state index contributed by atoms with van der Waals surface area (Å²) in [4.78, 5) is 19.4. The van der Waals surface area contributed by atoms with Crippen LogP contribution in [-0.4, -0.2) is 33.8 Å². The Kier molecular flexibility index (Phi) is 5.25. The summed E-state index contributed by atoms with van der Waals surface area (Å²) in [5, 5.41) is 0.894. The fraction of sp³-hybridized carbons (Fsp3) is 0.467. The van der Waals surface area contributed by atoms with Gasteiger partial charge in [0, 0.05) is 5.75 Å². The zero-order chi connectivity index (χ0) is 15.3. The highest BCUT2D eigenvalue weighted by Crippen LogP contribution is 2.21. The minimum atomic E-state index is -0.912. The zero-order valence-corrected chi connectivity index (χ0v) is 13.2. The van der Waals surface area contributed by atoms with Crippen LogP contribution in [0, 0.1) is 0 Å². The second-order valence-electron chi connectivity index (χ2n) is 5.15. The van der Waals surface area contributed by atoms with E-state index in [9.17, 15) is 4.79 Å². The Bertz CT molecular complexity index is 577. The van der Waals surface area contributed by atoms with Crippen LogP contribution in [0.15, 0.2) is 29.4 Å². The maximum absolute atomic E-state index is 11.7. The van der Waals surface area contributed by atoms with Crippen LogP contribution in [0.3, 0.4) is 0 Å². The van der Waals surface area contributed by atoms with Gasteiger partial charge in [0.15, 0.2) is 5.16 Å². The van der Waals surface area contributed by atoms with Crippen molar-refractivity contribution in [2.24, 2.45) is 5.73 Å². The number of rotatable bonds is 7. The highest BCUT2D eigenvalue weighted by molar-refractivity contribution is 7.99. The molecular weight excluding hydrogens is 286 g/mol. The van der Waals surface area contributed by atoms with Gasteiger partial charge in [-0.3, -0.25) is 4.79 Å². The minimum Gasteiger partial charge on any atom is -0.465 e. The first-order valence-corrected chi connectivity index (χ1v) is 8.05. The molecule has 0 aliphatic rings. The van der Waals surface area contributed by atoms with E-state index in [0.717, 1.165) is 28.4 Å². The molecule has 1 atom stereocenters. The van der Waals surface area contributed by atoms with Gasteiger partial charge in [-0.2, -0.15) is 0 Å². The second-order valence-corrected chi connectivity index (χ2v) is 6.23. The first kappa shape index (κ1) is 15.9. The van der Waals surface area contributed by atoms with Crippen molar-refractivity contribution in [1.29, 1.82) is 0 Å². The van der Waals surface area contributed by atoms with Crippen molar-refractivity contribution >= 4 is 28.8 Å². The predicted octanol–water partition coefficient (Wildman–Crippen LogP) is 2.72. The van der Waals surface area contributed by atoms with E-state index in [1.807, 2.05) is 24.3 Å². The number of imidazole rings is 1. The minimum absolute atomic E-state index is 0.335. The predicted molar refractivity (Wildman–Crippen MR) is 85.3 cm³/mol. The first-order valence-electron chi connectivity index (χ1n) is 7.06. The number of hydrogen-bond donors (Lipinski definition) is 2. The Morgan fingerprint density at radius 3 is 2.95 bits per heavy atom. The fourth-order valence-electron chi connectivity index (χ4n) is 2.00. The number of para-hydroxylation sites is 2. The van der Waals surface area contributed by atoms with Crippen LogP contribution >= 0.6 is 11.8 Å². The average Bonchev–Trinajstić information content (AvgIpc) is 2.86. The molecule has 1 unspecified atom stereocenters. The van der Waals surface area contributed by atoms with Crippen LogP contribution in [0.1, 0.15) is 26.7 Å². The number of fused-ring (bicyclic) bond motifs is 1. The molecule has 3 N–H and O–H groups in total. The van der Waals surface area contributed by atoms with Gasteiger partial charge in [-0.05, 0) is 38.8 Å². The van der Waals surface area contributed by atoms with E-state index in [0.29, 0.717) is 13.0 Å². The summed E-state index contributed by atoms with van der Waals surface area (Å²) in [6, 6.07) is 7.93. The van der Waals surface area contributed by atoms with Gasteiger partial charge in [-0.1, -0.05) is 23.9 Å². The van der Waals surface area contributed by atoms with Crippen LogP contribution in [0.4, 0.5) is 0 Å². The van der Waals surface area contributed by atoms with E-state index >= 15 is 0 Å². The fourth-order valence-corrected chi connectivity index (χ4v) is 2.83. The monoisotopic (exact) mass is 307 g/mol. The first-order chi connectivity index (χ1) is 10.0. The van der Waals surface area contributed by atoms with Gasteiger partial charge < -0.3 is 15.5 Å². The van der Waals surface area contributed by atoms with Gasteiger partial charge in [-0.25, -0.2) is 4.98 Å². The lowest BCUT2D eigenvalue weighted by atomic mass is 9.98.